The molecule has 0 spiro atoms. The molecule has 76 heavy (non-hydrogen) atoms. The fraction of sp³-hybridized carbons (Fsp3) is 0.408. The van der Waals surface area contributed by atoms with Gasteiger partial charge in [-0.25, -0.2) is 0 Å². The van der Waals surface area contributed by atoms with Crippen molar-refractivity contribution in [1.29, 1.82) is 0 Å². The zero-order valence-corrected chi connectivity index (χ0v) is 48.0. The van der Waals surface area contributed by atoms with Gasteiger partial charge < -0.3 is 19.1 Å². The van der Waals surface area contributed by atoms with Crippen LogP contribution >= 0.6 is 0 Å². The first-order valence-electron chi connectivity index (χ1n) is 29.0. The molecule has 6 aliphatic rings. The molecule has 3 aliphatic carbocycles. The second kappa shape index (κ2) is 15.5. The van der Waals surface area contributed by atoms with Crippen LogP contribution in [0.2, 0.25) is 0 Å². The number of hydrogen-bond acceptors (Lipinski definition) is 4. The largest absolute Gasteiger partial charge is 0.456 e. The molecule has 1 saturated carbocycles. The van der Waals surface area contributed by atoms with Crippen LogP contribution in [0, 0.1) is 6.92 Å². The Hall–Kier alpha value is -6.20. The number of hydrogen-bond donors (Lipinski definition) is 0. The highest BCUT2D eigenvalue weighted by molar-refractivity contribution is 7.00. The number of rotatable bonds is 4. The van der Waals surface area contributed by atoms with Crippen LogP contribution in [0.15, 0.2) is 126 Å². The van der Waals surface area contributed by atoms with E-state index in [9.17, 15) is 0 Å². The van der Waals surface area contributed by atoms with Gasteiger partial charge >= 0.3 is 0 Å². The second-order valence-corrected chi connectivity index (χ2v) is 28.7. The van der Waals surface area contributed by atoms with Crippen LogP contribution in [-0.4, -0.2) is 12.3 Å². The summed E-state index contributed by atoms with van der Waals surface area (Å²) in [6.07, 6.45) is 9.61. The van der Waals surface area contributed by atoms with Crippen molar-refractivity contribution < 1.29 is 4.42 Å². The molecule has 1 fully saturated rings. The van der Waals surface area contributed by atoms with Crippen molar-refractivity contribution in [3.05, 3.63) is 160 Å². The lowest BCUT2D eigenvalue weighted by Crippen LogP contribution is -2.64. The van der Waals surface area contributed by atoms with Crippen molar-refractivity contribution in [2.75, 3.05) is 14.7 Å². The van der Waals surface area contributed by atoms with Crippen LogP contribution in [0.5, 0.6) is 0 Å². The topological polar surface area (TPSA) is 22.9 Å². The molecular formula is C71H78BN3O. The smallest absolute Gasteiger partial charge is 0.252 e. The minimum Gasteiger partial charge on any atom is -0.456 e. The third kappa shape index (κ3) is 6.56. The van der Waals surface area contributed by atoms with E-state index in [0.29, 0.717) is 0 Å². The molecular weight excluding hydrogens is 922 g/mol. The molecule has 8 aromatic rings. The maximum Gasteiger partial charge on any atom is 0.252 e. The van der Waals surface area contributed by atoms with Crippen molar-refractivity contribution in [1.82, 2.24) is 0 Å². The van der Waals surface area contributed by atoms with Crippen LogP contribution in [0.3, 0.4) is 0 Å². The van der Waals surface area contributed by atoms with Gasteiger partial charge in [0.1, 0.15) is 11.2 Å². The molecule has 0 amide bonds. The van der Waals surface area contributed by atoms with Gasteiger partial charge in [0.2, 0.25) is 0 Å². The highest BCUT2D eigenvalue weighted by Crippen LogP contribution is 2.63. The summed E-state index contributed by atoms with van der Waals surface area (Å²) < 4.78 is 6.55. The monoisotopic (exact) mass is 1000 g/mol. The van der Waals surface area contributed by atoms with Crippen molar-refractivity contribution in [3.63, 3.8) is 0 Å². The number of anilines is 8. The van der Waals surface area contributed by atoms with E-state index in [-0.39, 0.29) is 44.7 Å². The summed E-state index contributed by atoms with van der Waals surface area (Å²) in [7, 11) is 0. The summed E-state index contributed by atoms with van der Waals surface area (Å²) in [5, 5.41) is 2.29. The molecule has 0 saturated heterocycles. The van der Waals surface area contributed by atoms with Crippen LogP contribution in [-0.2, 0) is 32.5 Å². The molecule has 3 aliphatic heterocycles. The molecule has 386 valence electrons. The van der Waals surface area contributed by atoms with Gasteiger partial charge in [0.15, 0.2) is 0 Å². The Bertz CT molecular complexity index is 3720. The Balaban J connectivity index is 1.07. The first kappa shape index (κ1) is 48.2. The van der Waals surface area contributed by atoms with Crippen molar-refractivity contribution in [2.45, 2.75) is 186 Å². The summed E-state index contributed by atoms with van der Waals surface area (Å²) in [6, 6.07) is 48.4. The van der Waals surface area contributed by atoms with E-state index in [1.54, 1.807) is 5.56 Å². The summed E-state index contributed by atoms with van der Waals surface area (Å²) in [5.41, 5.74) is 26.7. The van der Waals surface area contributed by atoms with Gasteiger partial charge in [-0.3, -0.25) is 0 Å². The quantitative estimate of drug-likeness (QED) is 0.164. The van der Waals surface area contributed by atoms with E-state index < -0.39 is 0 Å². The van der Waals surface area contributed by atoms with E-state index in [2.05, 4.69) is 233 Å². The fourth-order valence-electron chi connectivity index (χ4n) is 16.0. The Morgan fingerprint density at radius 1 is 0.500 bits per heavy atom. The van der Waals surface area contributed by atoms with Crippen molar-refractivity contribution in [3.8, 4) is 0 Å². The van der Waals surface area contributed by atoms with E-state index in [0.717, 1.165) is 27.6 Å². The average Bonchev–Trinajstić information content (AvgIpc) is 3.87. The number of benzene rings is 7. The van der Waals surface area contributed by atoms with E-state index in [1.807, 2.05) is 0 Å². The van der Waals surface area contributed by atoms with Gasteiger partial charge in [0, 0.05) is 61.7 Å². The summed E-state index contributed by atoms with van der Waals surface area (Å²) >= 11 is 0. The van der Waals surface area contributed by atoms with E-state index in [4.69, 9.17) is 4.42 Å². The van der Waals surface area contributed by atoms with Crippen molar-refractivity contribution >= 4 is 90.5 Å². The minimum absolute atomic E-state index is 0.0122. The van der Waals surface area contributed by atoms with Gasteiger partial charge in [-0.15, -0.1) is 0 Å². The van der Waals surface area contributed by atoms with Crippen LogP contribution in [0.1, 0.15) is 180 Å². The van der Waals surface area contributed by atoms with Gasteiger partial charge in [-0.2, -0.15) is 0 Å². The number of furan rings is 1. The maximum absolute atomic E-state index is 6.55. The number of aryl methyl sites for hydroxylation is 1. The van der Waals surface area contributed by atoms with E-state index >= 15 is 0 Å². The molecule has 0 radical (unpaired) electrons. The van der Waals surface area contributed by atoms with Crippen LogP contribution < -0.4 is 31.1 Å². The third-order valence-electron chi connectivity index (χ3n) is 21.1. The fourth-order valence-corrected chi connectivity index (χ4v) is 16.0. The Morgan fingerprint density at radius 2 is 1.08 bits per heavy atom. The minimum atomic E-state index is -0.0627. The molecule has 4 nitrogen and oxygen atoms in total. The third-order valence-corrected chi connectivity index (χ3v) is 21.1. The number of para-hydroxylation sites is 1. The lowest BCUT2D eigenvalue weighted by atomic mass is 9.33. The molecule has 5 heteroatoms. The molecule has 4 heterocycles. The molecule has 14 rings (SSSR count). The summed E-state index contributed by atoms with van der Waals surface area (Å²) in [6.45, 7) is 34.5. The second-order valence-electron chi connectivity index (χ2n) is 28.7. The number of fused-ring (bicyclic) bond motifs is 12. The molecule has 0 bridgehead atoms. The molecule has 2 atom stereocenters. The lowest BCUT2D eigenvalue weighted by molar-refractivity contribution is 0.195. The van der Waals surface area contributed by atoms with Crippen molar-refractivity contribution in [2.24, 2.45) is 0 Å². The normalized spacial score (nSPS) is 22.9. The molecule has 7 aromatic carbocycles. The Kier molecular flexibility index (Phi) is 9.84. The maximum atomic E-state index is 6.55. The highest BCUT2D eigenvalue weighted by Gasteiger charge is 2.61. The first-order valence-corrected chi connectivity index (χ1v) is 29.0. The van der Waals surface area contributed by atoms with E-state index in [1.165, 1.54) is 141 Å². The SMILES string of the molecule is Cc1cc2c3c(c1)N1c4c(cc(C(C)(C)C)cc4C4(C)CCCCC14C)B3c1ccc(N(c3ccc4c(c3)C(C)(C)CCC4(C)C)c3ccc4c(c3)C(C)(C)CCC4(C)C)cc1N2c1ccc2oc3ccccc3c2c1. The predicted octanol–water partition coefficient (Wildman–Crippen LogP) is 17.7. The molecule has 1 aromatic heterocycles. The first-order chi connectivity index (χ1) is 35.9. The Labute approximate surface area is 454 Å². The Morgan fingerprint density at radius 3 is 1.74 bits per heavy atom. The molecule has 2 unspecified atom stereocenters. The zero-order chi connectivity index (χ0) is 53.0. The summed E-state index contributed by atoms with van der Waals surface area (Å²) in [5.74, 6) is 0. The summed E-state index contributed by atoms with van der Waals surface area (Å²) in [4.78, 5) is 8.15. The van der Waals surface area contributed by atoms with Gasteiger partial charge in [0.05, 0.1) is 5.54 Å². The highest BCUT2D eigenvalue weighted by atomic mass is 16.3. The lowest BCUT2D eigenvalue weighted by Gasteiger charge is -2.53. The standard InChI is InChI=1S/C71H78BN3O/c1-43-35-59-63-60(36-43)75-64-55(70(13)29-17-18-30-71(70,75)14)37-44(65(2,3)4)38-57(64)72(63)56-27-23-48(42-58(56)74(59)45-24-28-62-50(39-45)49-19-15-16-20-61(49)76-62)73(46-21-25-51-53(40-46)68(9,10)33-31-66(51,5)6)47-22-26-52-54(41-47)69(11,12)34-32-67(52,7)8/h15-16,19-28,35-42H,17-18,29-34H2,1-14H3. The van der Waals surface area contributed by atoms with Gasteiger partial charge in [0.25, 0.3) is 6.71 Å². The average molecular weight is 1000 g/mol. The van der Waals surface area contributed by atoms with Crippen LogP contribution in [0.25, 0.3) is 21.9 Å². The zero-order valence-electron chi connectivity index (χ0n) is 48.0. The number of nitrogens with zero attached hydrogens (tertiary/aromatic N) is 3. The van der Waals surface area contributed by atoms with Crippen LogP contribution in [0.4, 0.5) is 45.5 Å². The predicted molar refractivity (Wildman–Crippen MR) is 325 cm³/mol. The van der Waals surface area contributed by atoms with Gasteiger partial charge in [-0.1, -0.05) is 144 Å². The molecule has 0 N–H and O–H groups in total. The van der Waals surface area contributed by atoms with Gasteiger partial charge in [-0.05, 0) is 208 Å².